The van der Waals surface area contributed by atoms with E-state index in [0.29, 0.717) is 5.92 Å². The van der Waals surface area contributed by atoms with Gasteiger partial charge in [0.15, 0.2) is 5.82 Å². The fourth-order valence-electron chi connectivity index (χ4n) is 3.32. The number of nitrogens with zero attached hydrogens (tertiary/aromatic N) is 4. The molecule has 2 aliphatic rings. The van der Waals surface area contributed by atoms with E-state index in [1.807, 2.05) is 12.1 Å². The summed E-state index contributed by atoms with van der Waals surface area (Å²) >= 11 is 0. The molecule has 2 heterocycles. The molecule has 0 amide bonds. The normalized spacial score (nSPS) is 20.2. The van der Waals surface area contributed by atoms with Gasteiger partial charge in [0, 0.05) is 32.1 Å². The van der Waals surface area contributed by atoms with Crippen molar-refractivity contribution >= 4 is 5.69 Å². The quantitative estimate of drug-likeness (QED) is 0.841. The maximum atomic E-state index is 5.49. The second-order valence-corrected chi connectivity index (χ2v) is 6.64. The van der Waals surface area contributed by atoms with Crippen LogP contribution >= 0.6 is 0 Å². The first kappa shape index (κ1) is 15.4. The predicted molar refractivity (Wildman–Crippen MR) is 91.5 cm³/mol. The topological polar surface area (TPSA) is 54.6 Å². The minimum absolute atomic E-state index is 0.171. The van der Waals surface area contributed by atoms with Gasteiger partial charge in [-0.3, -0.25) is 4.90 Å². The number of aromatic nitrogens is 2. The SMILES string of the molecule is COc1ccccc1N1CCN([C@H](C)c2nc(C3CC3)no2)CC1. The minimum Gasteiger partial charge on any atom is -0.495 e. The molecule has 2 fully saturated rings. The van der Waals surface area contributed by atoms with Crippen LogP contribution in [0.2, 0.25) is 0 Å². The molecule has 6 heteroatoms. The zero-order valence-electron chi connectivity index (χ0n) is 14.3. The molecule has 0 unspecified atom stereocenters. The Morgan fingerprint density at radius 1 is 1.17 bits per heavy atom. The molecule has 128 valence electrons. The third-order valence-corrected chi connectivity index (χ3v) is 5.05. The standard InChI is InChI=1S/C18H24N4O2/c1-13(18-19-17(20-24-18)14-7-8-14)21-9-11-22(12-10-21)15-5-3-4-6-16(15)23-2/h3-6,13-14H,7-12H2,1-2H3/t13-/m1/s1. The first-order valence-electron chi connectivity index (χ1n) is 8.72. The number of benzene rings is 1. The Labute approximate surface area is 142 Å². The summed E-state index contributed by atoms with van der Waals surface area (Å²) in [5, 5.41) is 4.14. The van der Waals surface area contributed by atoms with Crippen LogP contribution in [0.5, 0.6) is 5.75 Å². The van der Waals surface area contributed by atoms with Crippen molar-refractivity contribution in [2.45, 2.75) is 31.7 Å². The first-order valence-corrected chi connectivity index (χ1v) is 8.72. The largest absolute Gasteiger partial charge is 0.495 e. The molecule has 1 saturated carbocycles. The van der Waals surface area contributed by atoms with Gasteiger partial charge in [0.2, 0.25) is 5.89 Å². The number of hydrogen-bond donors (Lipinski definition) is 0. The van der Waals surface area contributed by atoms with E-state index in [4.69, 9.17) is 9.26 Å². The van der Waals surface area contributed by atoms with Gasteiger partial charge < -0.3 is 14.2 Å². The highest BCUT2D eigenvalue weighted by atomic mass is 16.5. The molecule has 1 saturated heterocycles. The second-order valence-electron chi connectivity index (χ2n) is 6.64. The highest BCUT2D eigenvalue weighted by molar-refractivity contribution is 5.58. The van der Waals surface area contributed by atoms with Crippen molar-refractivity contribution in [2.24, 2.45) is 0 Å². The Bertz CT molecular complexity index is 690. The van der Waals surface area contributed by atoms with Gasteiger partial charge in [-0.15, -0.1) is 0 Å². The van der Waals surface area contributed by atoms with Crippen molar-refractivity contribution in [3.8, 4) is 5.75 Å². The Kier molecular flexibility index (Phi) is 4.14. The van der Waals surface area contributed by atoms with Crippen LogP contribution in [0.1, 0.15) is 43.4 Å². The van der Waals surface area contributed by atoms with Crippen molar-refractivity contribution in [2.75, 3.05) is 38.2 Å². The molecular formula is C18H24N4O2. The van der Waals surface area contributed by atoms with Gasteiger partial charge in [0.05, 0.1) is 18.8 Å². The van der Waals surface area contributed by atoms with E-state index in [1.165, 1.54) is 18.5 Å². The van der Waals surface area contributed by atoms with Gasteiger partial charge in [0.1, 0.15) is 5.75 Å². The molecule has 2 aromatic rings. The average Bonchev–Trinajstić information content (AvgIpc) is 3.38. The zero-order chi connectivity index (χ0) is 16.5. The van der Waals surface area contributed by atoms with Crippen molar-refractivity contribution < 1.29 is 9.26 Å². The van der Waals surface area contributed by atoms with E-state index < -0.39 is 0 Å². The van der Waals surface area contributed by atoms with Crippen LogP contribution in [0, 0.1) is 0 Å². The number of ether oxygens (including phenoxy) is 1. The van der Waals surface area contributed by atoms with Crippen LogP contribution in [0.3, 0.4) is 0 Å². The summed E-state index contributed by atoms with van der Waals surface area (Å²) in [6.07, 6.45) is 2.40. The van der Waals surface area contributed by atoms with Crippen LogP contribution < -0.4 is 9.64 Å². The van der Waals surface area contributed by atoms with Gasteiger partial charge in [-0.2, -0.15) is 4.98 Å². The van der Waals surface area contributed by atoms with Crippen molar-refractivity contribution in [1.82, 2.24) is 15.0 Å². The van der Waals surface area contributed by atoms with E-state index in [1.54, 1.807) is 7.11 Å². The summed E-state index contributed by atoms with van der Waals surface area (Å²) in [6, 6.07) is 8.38. The molecule has 1 aromatic heterocycles. The highest BCUT2D eigenvalue weighted by Crippen LogP contribution is 2.38. The van der Waals surface area contributed by atoms with Gasteiger partial charge in [-0.1, -0.05) is 17.3 Å². The number of anilines is 1. The lowest BCUT2D eigenvalue weighted by Gasteiger charge is -2.38. The summed E-state index contributed by atoms with van der Waals surface area (Å²) in [5.41, 5.74) is 1.17. The Morgan fingerprint density at radius 3 is 2.62 bits per heavy atom. The smallest absolute Gasteiger partial charge is 0.243 e. The number of hydrogen-bond acceptors (Lipinski definition) is 6. The predicted octanol–water partition coefficient (Wildman–Crippen LogP) is 2.84. The van der Waals surface area contributed by atoms with Gasteiger partial charge in [-0.05, 0) is 31.9 Å². The fourth-order valence-corrected chi connectivity index (χ4v) is 3.32. The fraction of sp³-hybridized carbons (Fsp3) is 0.556. The highest BCUT2D eigenvalue weighted by Gasteiger charge is 2.31. The third kappa shape index (κ3) is 2.98. The van der Waals surface area contributed by atoms with Crippen LogP contribution in [-0.2, 0) is 0 Å². The summed E-state index contributed by atoms with van der Waals surface area (Å²) in [6.45, 7) is 6.03. The van der Waals surface area contributed by atoms with Crippen LogP contribution in [0.4, 0.5) is 5.69 Å². The lowest BCUT2D eigenvalue weighted by molar-refractivity contribution is 0.164. The van der Waals surface area contributed by atoms with Crippen LogP contribution in [0.25, 0.3) is 0 Å². The van der Waals surface area contributed by atoms with Crippen LogP contribution in [-0.4, -0.2) is 48.3 Å². The number of piperazine rings is 1. The average molecular weight is 328 g/mol. The van der Waals surface area contributed by atoms with Gasteiger partial charge in [-0.25, -0.2) is 0 Å². The second kappa shape index (κ2) is 6.43. The maximum absolute atomic E-state index is 5.49. The molecule has 1 aromatic carbocycles. The number of rotatable bonds is 5. The van der Waals surface area contributed by atoms with E-state index in [9.17, 15) is 0 Å². The van der Waals surface area contributed by atoms with E-state index in [2.05, 4.69) is 39.0 Å². The lowest BCUT2D eigenvalue weighted by atomic mass is 10.2. The molecule has 1 atom stereocenters. The molecule has 0 spiro atoms. The van der Waals surface area contributed by atoms with E-state index in [0.717, 1.165) is 43.6 Å². The molecule has 6 nitrogen and oxygen atoms in total. The number of methoxy groups -OCH3 is 1. The molecule has 4 rings (SSSR count). The molecule has 1 aliphatic carbocycles. The molecule has 0 radical (unpaired) electrons. The molecule has 0 N–H and O–H groups in total. The van der Waals surface area contributed by atoms with Crippen molar-refractivity contribution in [3.63, 3.8) is 0 Å². The molecular weight excluding hydrogens is 304 g/mol. The molecule has 24 heavy (non-hydrogen) atoms. The molecule has 0 bridgehead atoms. The van der Waals surface area contributed by atoms with E-state index >= 15 is 0 Å². The van der Waals surface area contributed by atoms with Crippen molar-refractivity contribution in [1.29, 1.82) is 0 Å². The Hall–Kier alpha value is -2.08. The Balaban J connectivity index is 1.39. The summed E-state index contributed by atoms with van der Waals surface area (Å²) in [4.78, 5) is 9.39. The third-order valence-electron chi connectivity index (χ3n) is 5.05. The maximum Gasteiger partial charge on any atom is 0.243 e. The van der Waals surface area contributed by atoms with Crippen molar-refractivity contribution in [3.05, 3.63) is 36.0 Å². The molecule has 1 aliphatic heterocycles. The lowest BCUT2D eigenvalue weighted by Crippen LogP contribution is -2.47. The number of para-hydroxylation sites is 2. The van der Waals surface area contributed by atoms with Crippen LogP contribution in [0.15, 0.2) is 28.8 Å². The summed E-state index contributed by atoms with van der Waals surface area (Å²) in [5.74, 6) is 3.12. The Morgan fingerprint density at radius 2 is 1.92 bits per heavy atom. The summed E-state index contributed by atoms with van der Waals surface area (Å²) in [7, 11) is 1.73. The van der Waals surface area contributed by atoms with E-state index in [-0.39, 0.29) is 6.04 Å². The van der Waals surface area contributed by atoms with Gasteiger partial charge in [0.25, 0.3) is 0 Å². The van der Waals surface area contributed by atoms with Gasteiger partial charge >= 0.3 is 0 Å². The monoisotopic (exact) mass is 328 g/mol. The minimum atomic E-state index is 0.171. The summed E-state index contributed by atoms with van der Waals surface area (Å²) < 4.78 is 11.0. The first-order chi connectivity index (χ1) is 11.8. The zero-order valence-corrected chi connectivity index (χ0v) is 14.3.